The number of anilines is 3. The molecule has 1 fully saturated rings. The van der Waals surface area contributed by atoms with Crippen LogP contribution in [-0.2, 0) is 6.54 Å². The van der Waals surface area contributed by atoms with Crippen LogP contribution in [-0.4, -0.2) is 52.3 Å². The fraction of sp³-hybridized carbons (Fsp3) is 0.346. The molecule has 2 aromatic carbocycles. The van der Waals surface area contributed by atoms with Crippen molar-refractivity contribution in [3.8, 4) is 5.75 Å². The van der Waals surface area contributed by atoms with Crippen LogP contribution in [0.4, 0.5) is 31.0 Å². The molecule has 1 aromatic heterocycles. The SMILES string of the molecule is O=C(O)N(Cc1cc(F)cc(F)c1)c1ccnc(Nc2cccc(OCCCN3CCCCC3)c2)n1. The summed E-state index contributed by atoms with van der Waals surface area (Å²) in [7, 11) is 0. The van der Waals surface area contributed by atoms with E-state index >= 15 is 0 Å². The normalized spacial score (nSPS) is 13.8. The van der Waals surface area contributed by atoms with Crippen molar-refractivity contribution in [3.05, 3.63) is 71.9 Å². The minimum Gasteiger partial charge on any atom is -0.493 e. The molecular weight excluding hydrogens is 468 g/mol. The van der Waals surface area contributed by atoms with Gasteiger partial charge in [0.2, 0.25) is 5.95 Å². The van der Waals surface area contributed by atoms with Crippen LogP contribution in [0.5, 0.6) is 5.75 Å². The molecule has 190 valence electrons. The zero-order valence-electron chi connectivity index (χ0n) is 19.9. The Morgan fingerprint density at radius 1 is 1.08 bits per heavy atom. The third-order valence-corrected chi connectivity index (χ3v) is 5.84. The number of amides is 1. The molecule has 0 atom stereocenters. The highest BCUT2D eigenvalue weighted by molar-refractivity contribution is 5.84. The van der Waals surface area contributed by atoms with Gasteiger partial charge < -0.3 is 20.1 Å². The number of hydrogen-bond donors (Lipinski definition) is 2. The largest absolute Gasteiger partial charge is 0.493 e. The number of ether oxygens (including phenoxy) is 1. The van der Waals surface area contributed by atoms with Gasteiger partial charge in [0.15, 0.2) is 0 Å². The van der Waals surface area contributed by atoms with Crippen molar-refractivity contribution >= 4 is 23.5 Å². The monoisotopic (exact) mass is 497 g/mol. The number of halogens is 2. The predicted octanol–water partition coefficient (Wildman–Crippen LogP) is 5.44. The Morgan fingerprint density at radius 3 is 2.61 bits per heavy atom. The topological polar surface area (TPSA) is 90.8 Å². The van der Waals surface area contributed by atoms with Crippen LogP contribution in [0, 0.1) is 11.6 Å². The smallest absolute Gasteiger partial charge is 0.413 e. The van der Waals surface area contributed by atoms with E-state index < -0.39 is 17.7 Å². The first-order valence-corrected chi connectivity index (χ1v) is 12.0. The molecule has 0 radical (unpaired) electrons. The van der Waals surface area contributed by atoms with Crippen molar-refractivity contribution in [2.45, 2.75) is 32.2 Å². The van der Waals surface area contributed by atoms with Crippen LogP contribution < -0.4 is 15.0 Å². The molecule has 1 amide bonds. The molecule has 1 aliphatic rings. The van der Waals surface area contributed by atoms with Crippen LogP contribution >= 0.6 is 0 Å². The van der Waals surface area contributed by atoms with E-state index in [0.29, 0.717) is 18.0 Å². The molecule has 0 unspecified atom stereocenters. The second-order valence-electron chi connectivity index (χ2n) is 8.64. The summed E-state index contributed by atoms with van der Waals surface area (Å²) < 4.78 is 33.0. The van der Waals surface area contributed by atoms with Gasteiger partial charge in [-0.1, -0.05) is 12.5 Å². The average molecular weight is 498 g/mol. The number of aromatic nitrogens is 2. The van der Waals surface area contributed by atoms with Gasteiger partial charge >= 0.3 is 6.09 Å². The van der Waals surface area contributed by atoms with Crippen LogP contribution in [0.3, 0.4) is 0 Å². The first-order chi connectivity index (χ1) is 17.5. The lowest BCUT2D eigenvalue weighted by Gasteiger charge is -2.26. The van der Waals surface area contributed by atoms with Gasteiger partial charge in [-0.2, -0.15) is 4.98 Å². The lowest BCUT2D eigenvalue weighted by Crippen LogP contribution is -2.31. The maximum absolute atomic E-state index is 13.6. The van der Waals surface area contributed by atoms with Crippen molar-refractivity contribution in [1.82, 2.24) is 14.9 Å². The minimum atomic E-state index is -1.32. The van der Waals surface area contributed by atoms with E-state index in [1.165, 1.54) is 31.5 Å². The summed E-state index contributed by atoms with van der Waals surface area (Å²) in [6, 6.07) is 11.7. The van der Waals surface area contributed by atoms with Gasteiger partial charge in [0.1, 0.15) is 23.2 Å². The van der Waals surface area contributed by atoms with E-state index in [1.807, 2.05) is 24.3 Å². The lowest BCUT2D eigenvalue weighted by molar-refractivity contribution is 0.201. The second-order valence-corrected chi connectivity index (χ2v) is 8.64. The number of carbonyl (C=O) groups is 1. The Kier molecular flexibility index (Phi) is 8.62. The molecule has 0 bridgehead atoms. The highest BCUT2D eigenvalue weighted by Crippen LogP contribution is 2.22. The molecule has 0 saturated carbocycles. The summed E-state index contributed by atoms with van der Waals surface area (Å²) >= 11 is 0. The summed E-state index contributed by atoms with van der Waals surface area (Å²) in [6.07, 6.45) is 4.90. The lowest BCUT2D eigenvalue weighted by atomic mass is 10.1. The Bertz CT molecular complexity index is 1150. The number of hydrogen-bond acceptors (Lipinski definition) is 6. The minimum absolute atomic E-state index is 0.0646. The predicted molar refractivity (Wildman–Crippen MR) is 133 cm³/mol. The molecule has 0 spiro atoms. The number of benzene rings is 2. The summed E-state index contributed by atoms with van der Waals surface area (Å²) in [5.41, 5.74) is 0.836. The molecule has 36 heavy (non-hydrogen) atoms. The maximum Gasteiger partial charge on any atom is 0.413 e. The first kappa shape index (κ1) is 25.3. The Morgan fingerprint density at radius 2 is 1.86 bits per heavy atom. The molecule has 4 rings (SSSR count). The van der Waals surface area contributed by atoms with Crippen molar-refractivity contribution in [2.24, 2.45) is 0 Å². The zero-order chi connectivity index (χ0) is 25.3. The summed E-state index contributed by atoms with van der Waals surface area (Å²) in [6.45, 7) is 3.69. The number of nitrogens with zero attached hydrogens (tertiary/aromatic N) is 4. The number of piperidine rings is 1. The molecule has 1 aliphatic heterocycles. The molecule has 3 aromatic rings. The third-order valence-electron chi connectivity index (χ3n) is 5.84. The molecule has 8 nitrogen and oxygen atoms in total. The van der Waals surface area contributed by atoms with E-state index in [9.17, 15) is 18.7 Å². The first-order valence-electron chi connectivity index (χ1n) is 12.0. The van der Waals surface area contributed by atoms with Gasteiger partial charge in [0.25, 0.3) is 0 Å². The van der Waals surface area contributed by atoms with E-state index in [-0.39, 0.29) is 23.9 Å². The fourth-order valence-corrected chi connectivity index (χ4v) is 4.15. The van der Waals surface area contributed by atoms with E-state index in [0.717, 1.165) is 49.2 Å². The second kappa shape index (κ2) is 12.3. The van der Waals surface area contributed by atoms with Crippen LogP contribution in [0.25, 0.3) is 0 Å². The van der Waals surface area contributed by atoms with Gasteiger partial charge in [0.05, 0.1) is 13.2 Å². The standard InChI is InChI=1S/C26H29F2N5O3/c27-20-14-19(15-21(28)16-20)18-33(26(34)35)24-8-9-29-25(31-24)30-22-6-4-7-23(17-22)36-13-5-12-32-10-2-1-3-11-32/h4,6-9,14-17H,1-3,5,10-13,18H2,(H,34,35)(H,29,30,31). The number of nitrogens with one attached hydrogen (secondary N) is 1. The van der Waals surface area contributed by atoms with Crippen LogP contribution in [0.1, 0.15) is 31.2 Å². The Hall–Kier alpha value is -3.79. The molecule has 1 saturated heterocycles. The van der Waals surface area contributed by atoms with Crippen LogP contribution in [0.15, 0.2) is 54.7 Å². The summed E-state index contributed by atoms with van der Waals surface area (Å²) in [4.78, 5) is 23.7. The molecule has 0 aliphatic carbocycles. The van der Waals surface area contributed by atoms with E-state index in [4.69, 9.17) is 4.74 Å². The Balaban J connectivity index is 1.37. The Labute approximate surface area is 208 Å². The van der Waals surface area contributed by atoms with Crippen molar-refractivity contribution in [3.63, 3.8) is 0 Å². The molecule has 2 heterocycles. The highest BCUT2D eigenvalue weighted by atomic mass is 19.1. The van der Waals surface area contributed by atoms with Gasteiger partial charge in [0, 0.05) is 30.6 Å². The quantitative estimate of drug-likeness (QED) is 0.361. The maximum atomic E-state index is 13.6. The third kappa shape index (κ3) is 7.35. The number of carboxylic acid groups (broad SMARTS) is 1. The van der Waals surface area contributed by atoms with Crippen molar-refractivity contribution in [2.75, 3.05) is 36.5 Å². The number of likely N-dealkylation sites (tertiary alicyclic amines) is 1. The van der Waals surface area contributed by atoms with Gasteiger partial charge in [-0.15, -0.1) is 0 Å². The zero-order valence-corrected chi connectivity index (χ0v) is 19.9. The summed E-state index contributed by atoms with van der Waals surface area (Å²) in [5, 5.41) is 12.7. The fourth-order valence-electron chi connectivity index (χ4n) is 4.15. The van der Waals surface area contributed by atoms with E-state index in [1.54, 1.807) is 0 Å². The average Bonchev–Trinajstić information content (AvgIpc) is 2.85. The molecule has 10 heteroatoms. The van der Waals surface area contributed by atoms with Crippen molar-refractivity contribution in [1.29, 1.82) is 0 Å². The molecular formula is C26H29F2N5O3. The highest BCUT2D eigenvalue weighted by Gasteiger charge is 2.18. The van der Waals surface area contributed by atoms with Crippen LogP contribution in [0.2, 0.25) is 0 Å². The van der Waals surface area contributed by atoms with Gasteiger partial charge in [-0.3, -0.25) is 4.90 Å². The van der Waals surface area contributed by atoms with Crippen molar-refractivity contribution < 1.29 is 23.4 Å². The summed E-state index contributed by atoms with van der Waals surface area (Å²) in [5.74, 6) is -0.626. The van der Waals surface area contributed by atoms with Gasteiger partial charge in [-0.05, 0) is 68.2 Å². The number of rotatable bonds is 10. The van der Waals surface area contributed by atoms with E-state index in [2.05, 4.69) is 20.2 Å². The molecule has 2 N–H and O–H groups in total. The van der Waals surface area contributed by atoms with Gasteiger partial charge in [-0.25, -0.2) is 18.6 Å².